The zero-order valence-electron chi connectivity index (χ0n) is 8.71. The van der Waals surface area contributed by atoms with Gasteiger partial charge in [0.2, 0.25) is 0 Å². The van der Waals surface area contributed by atoms with Crippen LogP contribution in [0.5, 0.6) is 5.75 Å². The smallest absolute Gasteiger partial charge is 0.126 e. The number of benzene rings is 2. The molecule has 0 aromatic heterocycles. The SMILES string of the molecule is COc1ccc(F)cc1-c1ccc(Cl)cc1. The highest BCUT2D eigenvalue weighted by molar-refractivity contribution is 6.30. The van der Waals surface area contributed by atoms with Crippen molar-refractivity contribution in [3.05, 3.63) is 53.3 Å². The molecule has 0 saturated carbocycles. The van der Waals surface area contributed by atoms with Gasteiger partial charge in [0.1, 0.15) is 11.6 Å². The lowest BCUT2D eigenvalue weighted by atomic mass is 10.0. The summed E-state index contributed by atoms with van der Waals surface area (Å²) in [5.41, 5.74) is 1.60. The average Bonchev–Trinajstić information content (AvgIpc) is 2.30. The highest BCUT2D eigenvalue weighted by Gasteiger charge is 2.06. The van der Waals surface area contributed by atoms with Gasteiger partial charge in [0.15, 0.2) is 0 Å². The van der Waals surface area contributed by atoms with Gasteiger partial charge in [0.25, 0.3) is 0 Å². The Bertz CT molecular complexity index is 494. The first-order valence-electron chi connectivity index (χ1n) is 4.80. The van der Waals surface area contributed by atoms with Gasteiger partial charge < -0.3 is 4.74 Å². The van der Waals surface area contributed by atoms with Gasteiger partial charge in [-0.25, -0.2) is 4.39 Å². The molecular formula is C13H10ClFO. The summed E-state index contributed by atoms with van der Waals surface area (Å²) in [6, 6.07) is 11.6. The summed E-state index contributed by atoms with van der Waals surface area (Å²) >= 11 is 5.80. The Morgan fingerprint density at radius 1 is 1.06 bits per heavy atom. The molecule has 0 aliphatic rings. The highest BCUT2D eigenvalue weighted by Crippen LogP contribution is 2.31. The van der Waals surface area contributed by atoms with E-state index in [1.165, 1.54) is 12.1 Å². The van der Waals surface area contributed by atoms with E-state index in [2.05, 4.69) is 0 Å². The maximum atomic E-state index is 13.2. The minimum atomic E-state index is -0.286. The first kappa shape index (κ1) is 11.0. The van der Waals surface area contributed by atoms with E-state index < -0.39 is 0 Å². The number of halogens is 2. The molecule has 2 aromatic carbocycles. The molecule has 0 radical (unpaired) electrons. The summed E-state index contributed by atoms with van der Waals surface area (Å²) in [5.74, 6) is 0.356. The first-order valence-corrected chi connectivity index (χ1v) is 5.18. The molecule has 0 heterocycles. The molecule has 3 heteroatoms. The fraction of sp³-hybridized carbons (Fsp3) is 0.0769. The third-order valence-corrected chi connectivity index (χ3v) is 2.57. The van der Waals surface area contributed by atoms with Gasteiger partial charge in [0.05, 0.1) is 7.11 Å². The summed E-state index contributed by atoms with van der Waals surface area (Å²) in [4.78, 5) is 0. The molecule has 1 nitrogen and oxygen atoms in total. The highest BCUT2D eigenvalue weighted by atomic mass is 35.5. The second-order valence-electron chi connectivity index (χ2n) is 3.35. The molecule has 0 bridgehead atoms. The third-order valence-electron chi connectivity index (χ3n) is 2.32. The van der Waals surface area contributed by atoms with E-state index in [-0.39, 0.29) is 5.82 Å². The number of rotatable bonds is 2. The molecule has 2 aromatic rings. The Balaban J connectivity index is 2.53. The van der Waals surface area contributed by atoms with Crippen LogP contribution < -0.4 is 4.74 Å². The van der Waals surface area contributed by atoms with Gasteiger partial charge in [0, 0.05) is 10.6 Å². The van der Waals surface area contributed by atoms with Gasteiger partial charge in [-0.2, -0.15) is 0 Å². The van der Waals surface area contributed by atoms with Crippen molar-refractivity contribution >= 4 is 11.6 Å². The number of hydrogen-bond donors (Lipinski definition) is 0. The normalized spacial score (nSPS) is 10.2. The molecule has 0 atom stereocenters. The van der Waals surface area contributed by atoms with E-state index in [1.54, 1.807) is 25.3 Å². The molecule has 2 rings (SSSR count). The fourth-order valence-corrected chi connectivity index (χ4v) is 1.66. The summed E-state index contributed by atoms with van der Waals surface area (Å²) in [6.07, 6.45) is 0. The first-order chi connectivity index (χ1) is 7.70. The quantitative estimate of drug-likeness (QED) is 0.761. The van der Waals surface area contributed by atoms with Crippen LogP contribution in [0.3, 0.4) is 0 Å². The Morgan fingerprint density at radius 3 is 2.38 bits per heavy atom. The molecule has 0 N–H and O–H groups in total. The Labute approximate surface area is 98.4 Å². The second kappa shape index (κ2) is 4.54. The van der Waals surface area contributed by atoms with Gasteiger partial charge in [-0.3, -0.25) is 0 Å². The minimum Gasteiger partial charge on any atom is -0.496 e. The number of methoxy groups -OCH3 is 1. The van der Waals surface area contributed by atoms with Gasteiger partial charge in [-0.1, -0.05) is 23.7 Å². The van der Waals surface area contributed by atoms with Crippen LogP contribution in [-0.2, 0) is 0 Å². The van der Waals surface area contributed by atoms with Crippen molar-refractivity contribution in [3.8, 4) is 16.9 Å². The van der Waals surface area contributed by atoms with Crippen molar-refractivity contribution < 1.29 is 9.13 Å². The molecular weight excluding hydrogens is 227 g/mol. The summed E-state index contributed by atoms with van der Waals surface area (Å²) in [6.45, 7) is 0. The molecule has 0 aliphatic heterocycles. The molecule has 0 fully saturated rings. The van der Waals surface area contributed by atoms with E-state index >= 15 is 0 Å². The number of hydrogen-bond acceptors (Lipinski definition) is 1. The molecule has 16 heavy (non-hydrogen) atoms. The maximum absolute atomic E-state index is 13.2. The molecule has 0 spiro atoms. The van der Waals surface area contributed by atoms with Crippen molar-refractivity contribution in [2.45, 2.75) is 0 Å². The molecule has 0 amide bonds. The Morgan fingerprint density at radius 2 is 1.75 bits per heavy atom. The van der Waals surface area contributed by atoms with E-state index in [0.29, 0.717) is 10.8 Å². The van der Waals surface area contributed by atoms with Crippen LogP contribution >= 0.6 is 11.6 Å². The van der Waals surface area contributed by atoms with Crippen molar-refractivity contribution in [3.63, 3.8) is 0 Å². The van der Waals surface area contributed by atoms with Crippen molar-refractivity contribution in [1.29, 1.82) is 0 Å². The average molecular weight is 237 g/mol. The van der Waals surface area contributed by atoms with Gasteiger partial charge in [-0.05, 0) is 35.9 Å². The van der Waals surface area contributed by atoms with Crippen molar-refractivity contribution in [1.82, 2.24) is 0 Å². The second-order valence-corrected chi connectivity index (χ2v) is 3.79. The summed E-state index contributed by atoms with van der Waals surface area (Å²) < 4.78 is 18.4. The standard InChI is InChI=1S/C13H10ClFO/c1-16-13-7-6-11(15)8-12(13)9-2-4-10(14)5-3-9/h2-8H,1H3. The monoisotopic (exact) mass is 236 g/mol. The van der Waals surface area contributed by atoms with E-state index in [4.69, 9.17) is 16.3 Å². The summed E-state index contributed by atoms with van der Waals surface area (Å²) in [7, 11) is 1.56. The zero-order valence-corrected chi connectivity index (χ0v) is 9.46. The summed E-state index contributed by atoms with van der Waals surface area (Å²) in [5, 5.41) is 0.652. The minimum absolute atomic E-state index is 0.286. The lowest BCUT2D eigenvalue weighted by Crippen LogP contribution is -1.88. The Kier molecular flexibility index (Phi) is 3.11. The lowest BCUT2D eigenvalue weighted by molar-refractivity contribution is 0.415. The topological polar surface area (TPSA) is 9.23 Å². The molecule has 0 unspecified atom stereocenters. The predicted octanol–water partition coefficient (Wildman–Crippen LogP) is 4.15. The zero-order chi connectivity index (χ0) is 11.5. The Hall–Kier alpha value is -1.54. The third kappa shape index (κ3) is 2.17. The van der Waals surface area contributed by atoms with Crippen LogP contribution in [0.2, 0.25) is 5.02 Å². The van der Waals surface area contributed by atoms with Gasteiger partial charge >= 0.3 is 0 Å². The largest absolute Gasteiger partial charge is 0.496 e. The van der Waals surface area contributed by atoms with Crippen molar-refractivity contribution in [2.75, 3.05) is 7.11 Å². The number of ether oxygens (including phenoxy) is 1. The lowest BCUT2D eigenvalue weighted by Gasteiger charge is -2.08. The maximum Gasteiger partial charge on any atom is 0.126 e. The van der Waals surface area contributed by atoms with Crippen LogP contribution in [0.1, 0.15) is 0 Å². The van der Waals surface area contributed by atoms with Crippen LogP contribution in [0.25, 0.3) is 11.1 Å². The van der Waals surface area contributed by atoms with E-state index in [1.807, 2.05) is 12.1 Å². The fourth-order valence-electron chi connectivity index (χ4n) is 1.54. The van der Waals surface area contributed by atoms with Gasteiger partial charge in [-0.15, -0.1) is 0 Å². The van der Waals surface area contributed by atoms with Crippen LogP contribution in [0.4, 0.5) is 4.39 Å². The molecule has 82 valence electrons. The predicted molar refractivity (Wildman–Crippen MR) is 63.4 cm³/mol. The van der Waals surface area contributed by atoms with E-state index in [9.17, 15) is 4.39 Å². The molecule has 0 aliphatic carbocycles. The van der Waals surface area contributed by atoms with E-state index in [0.717, 1.165) is 11.1 Å². The van der Waals surface area contributed by atoms with Crippen LogP contribution in [0.15, 0.2) is 42.5 Å². The molecule has 0 saturated heterocycles. The van der Waals surface area contributed by atoms with Crippen LogP contribution in [-0.4, -0.2) is 7.11 Å². The van der Waals surface area contributed by atoms with Crippen LogP contribution in [0, 0.1) is 5.82 Å². The van der Waals surface area contributed by atoms with Crippen molar-refractivity contribution in [2.24, 2.45) is 0 Å².